The SMILES string of the molecule is CC(C)c1ccc(CC(C=O)c2ccc(C(C)C)cc2)cc1. The monoisotopic (exact) mass is 294 g/mol. The quantitative estimate of drug-likeness (QED) is 0.647. The molecule has 0 heterocycles. The highest BCUT2D eigenvalue weighted by Gasteiger charge is 2.12. The van der Waals surface area contributed by atoms with Gasteiger partial charge < -0.3 is 4.79 Å². The number of carbonyl (C=O) groups is 1. The van der Waals surface area contributed by atoms with Crippen LogP contribution >= 0.6 is 0 Å². The van der Waals surface area contributed by atoms with Crippen molar-refractivity contribution in [3.63, 3.8) is 0 Å². The van der Waals surface area contributed by atoms with Gasteiger partial charge in [-0.05, 0) is 40.5 Å². The summed E-state index contributed by atoms with van der Waals surface area (Å²) in [5, 5.41) is 0. The molecule has 0 bridgehead atoms. The summed E-state index contributed by atoms with van der Waals surface area (Å²) in [7, 11) is 0. The molecular formula is C21H26O. The summed E-state index contributed by atoms with van der Waals surface area (Å²) in [6.07, 6.45) is 1.84. The molecule has 1 heteroatoms. The van der Waals surface area contributed by atoms with Gasteiger partial charge in [0.1, 0.15) is 6.29 Å². The summed E-state index contributed by atoms with van der Waals surface area (Å²) < 4.78 is 0. The van der Waals surface area contributed by atoms with Gasteiger partial charge in [0.2, 0.25) is 0 Å². The lowest BCUT2D eigenvalue weighted by Gasteiger charge is -2.13. The van der Waals surface area contributed by atoms with Crippen molar-refractivity contribution < 1.29 is 4.79 Å². The summed E-state index contributed by atoms with van der Waals surface area (Å²) in [5.74, 6) is 0.998. The van der Waals surface area contributed by atoms with E-state index >= 15 is 0 Å². The number of rotatable bonds is 6. The lowest BCUT2D eigenvalue weighted by atomic mass is 9.90. The third-order valence-electron chi connectivity index (χ3n) is 4.30. The van der Waals surface area contributed by atoms with Gasteiger partial charge in [0, 0.05) is 5.92 Å². The predicted molar refractivity (Wildman–Crippen MR) is 93.6 cm³/mol. The summed E-state index contributed by atoms with van der Waals surface area (Å²) in [6, 6.07) is 17.1. The van der Waals surface area contributed by atoms with Crippen LogP contribution in [0.2, 0.25) is 0 Å². The van der Waals surface area contributed by atoms with Crippen molar-refractivity contribution in [1.82, 2.24) is 0 Å². The van der Waals surface area contributed by atoms with Crippen LogP contribution in [0.25, 0.3) is 0 Å². The van der Waals surface area contributed by atoms with E-state index < -0.39 is 0 Å². The number of hydrogen-bond acceptors (Lipinski definition) is 1. The fourth-order valence-corrected chi connectivity index (χ4v) is 2.67. The molecule has 0 aliphatic rings. The molecule has 2 rings (SSSR count). The zero-order valence-corrected chi connectivity index (χ0v) is 14.0. The summed E-state index contributed by atoms with van der Waals surface area (Å²) in [5.41, 5.74) is 4.98. The second kappa shape index (κ2) is 7.40. The van der Waals surface area contributed by atoms with Gasteiger partial charge in [0.15, 0.2) is 0 Å². The molecule has 0 aliphatic heterocycles. The van der Waals surface area contributed by atoms with Crippen LogP contribution in [-0.2, 0) is 11.2 Å². The summed E-state index contributed by atoms with van der Waals surface area (Å²) in [6.45, 7) is 8.75. The van der Waals surface area contributed by atoms with Crippen molar-refractivity contribution in [2.45, 2.75) is 51.9 Å². The Balaban J connectivity index is 2.13. The Morgan fingerprint density at radius 2 is 1.14 bits per heavy atom. The van der Waals surface area contributed by atoms with Crippen LogP contribution in [-0.4, -0.2) is 6.29 Å². The Morgan fingerprint density at radius 1 is 0.727 bits per heavy atom. The molecule has 0 spiro atoms. The third kappa shape index (κ3) is 4.07. The topological polar surface area (TPSA) is 17.1 Å². The molecule has 1 unspecified atom stereocenters. The minimum absolute atomic E-state index is 0.0638. The van der Waals surface area contributed by atoms with Gasteiger partial charge in [-0.25, -0.2) is 0 Å². The maximum Gasteiger partial charge on any atom is 0.127 e. The van der Waals surface area contributed by atoms with E-state index in [4.69, 9.17) is 0 Å². The summed E-state index contributed by atoms with van der Waals surface area (Å²) >= 11 is 0. The first kappa shape index (κ1) is 16.5. The molecule has 0 radical (unpaired) electrons. The van der Waals surface area contributed by atoms with Gasteiger partial charge in [-0.15, -0.1) is 0 Å². The third-order valence-corrected chi connectivity index (χ3v) is 4.30. The fraction of sp³-hybridized carbons (Fsp3) is 0.381. The Labute approximate surface area is 134 Å². The Bertz CT molecular complexity index is 591. The highest BCUT2D eigenvalue weighted by atomic mass is 16.1. The van der Waals surface area contributed by atoms with Crippen LogP contribution in [0, 0.1) is 0 Å². The molecule has 0 saturated carbocycles. The van der Waals surface area contributed by atoms with E-state index in [1.807, 2.05) is 0 Å². The highest BCUT2D eigenvalue weighted by molar-refractivity contribution is 5.63. The Kier molecular flexibility index (Phi) is 5.54. The maximum atomic E-state index is 11.5. The molecule has 116 valence electrons. The molecule has 0 saturated heterocycles. The van der Waals surface area contributed by atoms with E-state index in [-0.39, 0.29) is 5.92 Å². The van der Waals surface area contributed by atoms with Gasteiger partial charge >= 0.3 is 0 Å². The average molecular weight is 294 g/mol. The molecule has 0 N–H and O–H groups in total. The first-order valence-corrected chi connectivity index (χ1v) is 8.15. The molecule has 1 atom stereocenters. The summed E-state index contributed by atoms with van der Waals surface area (Å²) in [4.78, 5) is 11.5. The molecule has 2 aromatic carbocycles. The van der Waals surface area contributed by atoms with Gasteiger partial charge in [-0.3, -0.25) is 0 Å². The van der Waals surface area contributed by atoms with E-state index in [1.54, 1.807) is 0 Å². The second-order valence-corrected chi connectivity index (χ2v) is 6.66. The molecule has 0 aliphatic carbocycles. The molecule has 0 amide bonds. The van der Waals surface area contributed by atoms with E-state index in [0.717, 1.165) is 18.3 Å². The molecule has 1 nitrogen and oxygen atoms in total. The van der Waals surface area contributed by atoms with E-state index in [2.05, 4.69) is 76.2 Å². The van der Waals surface area contributed by atoms with E-state index in [0.29, 0.717) is 11.8 Å². The zero-order chi connectivity index (χ0) is 16.1. The average Bonchev–Trinajstić information content (AvgIpc) is 2.53. The molecule has 22 heavy (non-hydrogen) atoms. The number of aldehydes is 1. The van der Waals surface area contributed by atoms with Crippen molar-refractivity contribution in [2.24, 2.45) is 0 Å². The van der Waals surface area contributed by atoms with Crippen LogP contribution in [0.4, 0.5) is 0 Å². The molecule has 0 fully saturated rings. The van der Waals surface area contributed by atoms with Crippen LogP contribution in [0.3, 0.4) is 0 Å². The largest absolute Gasteiger partial charge is 0.303 e. The molecule has 2 aromatic rings. The minimum atomic E-state index is -0.0638. The number of hydrogen-bond donors (Lipinski definition) is 0. The highest BCUT2D eigenvalue weighted by Crippen LogP contribution is 2.23. The number of benzene rings is 2. The van der Waals surface area contributed by atoms with Crippen molar-refractivity contribution in [3.8, 4) is 0 Å². The van der Waals surface area contributed by atoms with Gasteiger partial charge in [0.25, 0.3) is 0 Å². The van der Waals surface area contributed by atoms with Crippen LogP contribution in [0.1, 0.15) is 67.7 Å². The second-order valence-electron chi connectivity index (χ2n) is 6.66. The van der Waals surface area contributed by atoms with Crippen LogP contribution in [0.5, 0.6) is 0 Å². The normalized spacial score (nSPS) is 12.6. The lowest BCUT2D eigenvalue weighted by Crippen LogP contribution is -2.05. The van der Waals surface area contributed by atoms with Crippen molar-refractivity contribution in [1.29, 1.82) is 0 Å². The molecular weight excluding hydrogens is 268 g/mol. The standard InChI is InChI=1S/C21H26O/c1-15(2)18-7-5-17(6-8-18)13-21(14-22)20-11-9-19(10-12-20)16(3)4/h5-12,14-16,21H,13H2,1-4H3. The molecule has 0 aromatic heterocycles. The van der Waals surface area contributed by atoms with Crippen molar-refractivity contribution >= 4 is 6.29 Å². The lowest BCUT2D eigenvalue weighted by molar-refractivity contribution is -0.109. The predicted octanol–water partition coefficient (Wildman–Crippen LogP) is 5.46. The van der Waals surface area contributed by atoms with E-state index in [1.165, 1.54) is 16.7 Å². The Hall–Kier alpha value is -1.89. The van der Waals surface area contributed by atoms with Gasteiger partial charge in [-0.2, -0.15) is 0 Å². The number of carbonyl (C=O) groups excluding carboxylic acids is 1. The maximum absolute atomic E-state index is 11.5. The minimum Gasteiger partial charge on any atom is -0.303 e. The van der Waals surface area contributed by atoms with Crippen molar-refractivity contribution in [2.75, 3.05) is 0 Å². The van der Waals surface area contributed by atoms with Crippen LogP contribution in [0.15, 0.2) is 48.5 Å². The first-order valence-electron chi connectivity index (χ1n) is 8.15. The first-order chi connectivity index (χ1) is 10.5. The van der Waals surface area contributed by atoms with Crippen LogP contribution < -0.4 is 0 Å². The Morgan fingerprint density at radius 3 is 1.55 bits per heavy atom. The van der Waals surface area contributed by atoms with E-state index in [9.17, 15) is 4.79 Å². The zero-order valence-electron chi connectivity index (χ0n) is 14.0. The van der Waals surface area contributed by atoms with Crippen molar-refractivity contribution in [3.05, 3.63) is 70.8 Å². The smallest absolute Gasteiger partial charge is 0.127 e. The van der Waals surface area contributed by atoms with Gasteiger partial charge in [0.05, 0.1) is 0 Å². The van der Waals surface area contributed by atoms with Gasteiger partial charge in [-0.1, -0.05) is 76.2 Å². The fourth-order valence-electron chi connectivity index (χ4n) is 2.67.